The van der Waals surface area contributed by atoms with E-state index in [4.69, 9.17) is 4.74 Å². The maximum absolute atomic E-state index is 5.85. The summed E-state index contributed by atoms with van der Waals surface area (Å²) in [5.41, 5.74) is 2.53. The molecule has 2 aromatic rings. The predicted octanol–water partition coefficient (Wildman–Crippen LogP) is 5.32. The zero-order chi connectivity index (χ0) is 16.6. The molecule has 1 fully saturated rings. The van der Waals surface area contributed by atoms with Crippen LogP contribution in [0, 0.1) is 5.92 Å². The van der Waals surface area contributed by atoms with Crippen LogP contribution in [0.25, 0.3) is 0 Å². The van der Waals surface area contributed by atoms with Crippen LogP contribution in [0.4, 0.5) is 0 Å². The van der Waals surface area contributed by atoms with Gasteiger partial charge in [-0.3, -0.25) is 0 Å². The maximum atomic E-state index is 5.85. The van der Waals surface area contributed by atoms with Gasteiger partial charge in [0.25, 0.3) is 0 Å². The highest BCUT2D eigenvalue weighted by atomic mass is 16.5. The molecule has 0 heterocycles. The molecule has 0 aliphatic heterocycles. The number of hydrogen-bond acceptors (Lipinski definition) is 2. The van der Waals surface area contributed by atoms with Crippen LogP contribution in [0.15, 0.2) is 54.6 Å². The summed E-state index contributed by atoms with van der Waals surface area (Å²) in [5, 5.41) is 3.74. The number of rotatable bonds is 7. The van der Waals surface area contributed by atoms with Crippen LogP contribution in [0.3, 0.4) is 0 Å². The van der Waals surface area contributed by atoms with Gasteiger partial charge in [-0.15, -0.1) is 0 Å². The molecule has 0 bridgehead atoms. The summed E-state index contributed by atoms with van der Waals surface area (Å²) in [7, 11) is 0. The molecule has 0 amide bonds. The minimum Gasteiger partial charge on any atom is -0.489 e. The molecule has 1 N–H and O–H groups in total. The second-order valence-electron chi connectivity index (χ2n) is 6.94. The number of ether oxygens (including phenoxy) is 1. The summed E-state index contributed by atoms with van der Waals surface area (Å²) in [5.74, 6) is 1.86. The second kappa shape index (κ2) is 8.89. The normalized spacial score (nSPS) is 20.7. The summed E-state index contributed by atoms with van der Waals surface area (Å²) in [4.78, 5) is 0. The van der Waals surface area contributed by atoms with E-state index < -0.39 is 0 Å². The van der Waals surface area contributed by atoms with Gasteiger partial charge in [0.2, 0.25) is 0 Å². The molecule has 3 rings (SSSR count). The van der Waals surface area contributed by atoms with Gasteiger partial charge in [-0.2, -0.15) is 0 Å². The van der Waals surface area contributed by atoms with Gasteiger partial charge < -0.3 is 10.1 Å². The Hall–Kier alpha value is -1.80. The molecule has 0 radical (unpaired) electrons. The third-order valence-corrected chi connectivity index (χ3v) is 5.13. The molecule has 1 saturated carbocycles. The largest absolute Gasteiger partial charge is 0.489 e. The first-order valence-electron chi connectivity index (χ1n) is 9.32. The molecule has 2 nitrogen and oxygen atoms in total. The lowest BCUT2D eigenvalue weighted by atomic mass is 9.84. The second-order valence-corrected chi connectivity index (χ2v) is 6.94. The Morgan fingerprint density at radius 3 is 2.50 bits per heavy atom. The van der Waals surface area contributed by atoms with E-state index in [-0.39, 0.29) is 0 Å². The van der Waals surface area contributed by atoms with Gasteiger partial charge >= 0.3 is 0 Å². The first-order chi connectivity index (χ1) is 11.8. The van der Waals surface area contributed by atoms with E-state index in [1.807, 2.05) is 18.2 Å². The third-order valence-electron chi connectivity index (χ3n) is 5.13. The van der Waals surface area contributed by atoms with E-state index in [9.17, 15) is 0 Å². The van der Waals surface area contributed by atoms with Gasteiger partial charge in [-0.25, -0.2) is 0 Å². The molecule has 2 aromatic carbocycles. The maximum Gasteiger partial charge on any atom is 0.119 e. The van der Waals surface area contributed by atoms with Crippen molar-refractivity contribution in [1.82, 2.24) is 5.32 Å². The van der Waals surface area contributed by atoms with Crippen LogP contribution in [-0.4, -0.2) is 6.04 Å². The number of hydrogen-bond donors (Lipinski definition) is 1. The Morgan fingerprint density at radius 2 is 1.75 bits per heavy atom. The minimum absolute atomic E-state index is 0.624. The van der Waals surface area contributed by atoms with Gasteiger partial charge in [0, 0.05) is 12.6 Å². The first kappa shape index (κ1) is 17.0. The monoisotopic (exact) mass is 323 g/mol. The fraction of sp³-hybridized carbons (Fsp3) is 0.455. The lowest BCUT2D eigenvalue weighted by Gasteiger charge is -2.29. The van der Waals surface area contributed by atoms with Crippen molar-refractivity contribution >= 4 is 0 Å². The Kier molecular flexibility index (Phi) is 6.31. The molecule has 0 aromatic heterocycles. The van der Waals surface area contributed by atoms with Gasteiger partial charge in [-0.05, 0) is 42.0 Å². The number of nitrogens with one attached hydrogen (secondary N) is 1. The van der Waals surface area contributed by atoms with E-state index in [1.54, 1.807) is 0 Å². The van der Waals surface area contributed by atoms with Crippen molar-refractivity contribution < 1.29 is 4.74 Å². The van der Waals surface area contributed by atoms with E-state index in [1.165, 1.54) is 43.2 Å². The van der Waals surface area contributed by atoms with Crippen LogP contribution >= 0.6 is 0 Å². The average Bonchev–Trinajstić information content (AvgIpc) is 2.66. The lowest BCUT2D eigenvalue weighted by molar-refractivity contribution is 0.278. The summed E-state index contributed by atoms with van der Waals surface area (Å²) in [6.07, 6.45) is 6.79. The Balaban J connectivity index is 1.44. The molecule has 24 heavy (non-hydrogen) atoms. The molecular formula is C22H29NO. The van der Waals surface area contributed by atoms with Crippen LogP contribution < -0.4 is 10.1 Å². The highest BCUT2D eigenvalue weighted by Crippen LogP contribution is 2.26. The van der Waals surface area contributed by atoms with Crippen molar-refractivity contribution in [3.8, 4) is 5.75 Å². The molecular weight excluding hydrogens is 294 g/mol. The Morgan fingerprint density at radius 1 is 0.958 bits per heavy atom. The molecule has 2 unspecified atom stereocenters. The van der Waals surface area contributed by atoms with Crippen LogP contribution in [0.5, 0.6) is 5.75 Å². The van der Waals surface area contributed by atoms with Crippen LogP contribution in [-0.2, 0) is 13.2 Å². The molecule has 1 aliphatic rings. The minimum atomic E-state index is 0.624. The van der Waals surface area contributed by atoms with E-state index in [2.05, 4.69) is 48.6 Å². The third kappa shape index (κ3) is 5.10. The Bertz CT molecular complexity index is 593. The molecule has 2 atom stereocenters. The van der Waals surface area contributed by atoms with Crippen molar-refractivity contribution in [3.63, 3.8) is 0 Å². The topological polar surface area (TPSA) is 21.3 Å². The van der Waals surface area contributed by atoms with Crippen LogP contribution in [0.2, 0.25) is 0 Å². The molecule has 128 valence electrons. The molecule has 2 heteroatoms. The zero-order valence-corrected chi connectivity index (χ0v) is 14.7. The summed E-state index contributed by atoms with van der Waals surface area (Å²) in [6.45, 7) is 3.90. The van der Waals surface area contributed by atoms with Crippen molar-refractivity contribution in [2.75, 3.05) is 0 Å². The van der Waals surface area contributed by atoms with Crippen LogP contribution in [0.1, 0.15) is 50.2 Å². The van der Waals surface area contributed by atoms with Crippen molar-refractivity contribution in [2.45, 2.75) is 58.2 Å². The highest BCUT2D eigenvalue weighted by Gasteiger charge is 2.19. The predicted molar refractivity (Wildman–Crippen MR) is 100 cm³/mol. The fourth-order valence-electron chi connectivity index (χ4n) is 3.55. The summed E-state index contributed by atoms with van der Waals surface area (Å²) < 4.78 is 5.85. The molecule has 0 spiro atoms. The lowest BCUT2D eigenvalue weighted by Crippen LogP contribution is -2.33. The van der Waals surface area contributed by atoms with Gasteiger partial charge in [0.05, 0.1) is 0 Å². The van der Waals surface area contributed by atoms with Gasteiger partial charge in [0.1, 0.15) is 12.4 Å². The van der Waals surface area contributed by atoms with Crippen molar-refractivity contribution in [2.24, 2.45) is 5.92 Å². The average molecular weight is 323 g/mol. The first-order valence-corrected chi connectivity index (χ1v) is 9.32. The SMILES string of the molecule is CCC1CCCC(NCc2ccc(OCc3ccccc3)cc2)C1. The summed E-state index contributed by atoms with van der Waals surface area (Å²) >= 11 is 0. The van der Waals surface area contributed by atoms with E-state index >= 15 is 0 Å². The number of benzene rings is 2. The summed E-state index contributed by atoms with van der Waals surface area (Å²) in [6, 6.07) is 19.5. The fourth-order valence-corrected chi connectivity index (χ4v) is 3.55. The smallest absolute Gasteiger partial charge is 0.119 e. The van der Waals surface area contributed by atoms with Gasteiger partial charge in [-0.1, -0.05) is 68.7 Å². The van der Waals surface area contributed by atoms with E-state index in [0.29, 0.717) is 12.6 Å². The molecule has 0 saturated heterocycles. The molecule has 1 aliphatic carbocycles. The van der Waals surface area contributed by atoms with Crippen molar-refractivity contribution in [1.29, 1.82) is 0 Å². The standard InChI is InChI=1S/C22H29NO/c1-2-18-9-6-10-21(15-18)23-16-19-11-13-22(14-12-19)24-17-20-7-4-3-5-8-20/h3-5,7-8,11-14,18,21,23H,2,6,9-10,15-17H2,1H3. The van der Waals surface area contributed by atoms with Gasteiger partial charge in [0.15, 0.2) is 0 Å². The van der Waals surface area contributed by atoms with E-state index in [0.717, 1.165) is 18.2 Å². The zero-order valence-electron chi connectivity index (χ0n) is 14.7. The Labute approximate surface area is 146 Å². The quantitative estimate of drug-likeness (QED) is 0.744. The van der Waals surface area contributed by atoms with Crippen molar-refractivity contribution in [3.05, 3.63) is 65.7 Å². The highest BCUT2D eigenvalue weighted by molar-refractivity contribution is 5.27.